The van der Waals surface area contributed by atoms with Crippen LogP contribution in [0.5, 0.6) is 0 Å². The first-order chi connectivity index (χ1) is 9.56. The fraction of sp³-hybridized carbons (Fsp3) is 0.267. The fourth-order valence-electron chi connectivity index (χ4n) is 1.74. The van der Waals surface area contributed by atoms with E-state index in [1.165, 1.54) is 5.56 Å². The van der Waals surface area contributed by atoms with E-state index in [1.807, 2.05) is 51.1 Å². The molecular formula is C15H18N4O. The molecule has 0 saturated heterocycles. The molecule has 1 aromatic carbocycles. The first-order valence-corrected chi connectivity index (χ1v) is 6.45. The molecule has 1 N–H and O–H groups in total. The number of rotatable bonds is 4. The topological polar surface area (TPSA) is 59.3 Å². The summed E-state index contributed by atoms with van der Waals surface area (Å²) in [4.78, 5) is 11.8. The van der Waals surface area contributed by atoms with Crippen molar-refractivity contribution in [2.75, 3.05) is 0 Å². The van der Waals surface area contributed by atoms with Gasteiger partial charge in [-0.25, -0.2) is 5.43 Å². The summed E-state index contributed by atoms with van der Waals surface area (Å²) >= 11 is 0. The average molecular weight is 270 g/mol. The summed E-state index contributed by atoms with van der Waals surface area (Å²) in [5, 5.41) is 8.17. The van der Waals surface area contributed by atoms with Crippen LogP contribution in [0.3, 0.4) is 0 Å². The first kappa shape index (κ1) is 14.0. The Morgan fingerprint density at radius 2 is 1.95 bits per heavy atom. The minimum absolute atomic E-state index is 0.170. The predicted molar refractivity (Wildman–Crippen MR) is 78.5 cm³/mol. The van der Waals surface area contributed by atoms with Gasteiger partial charge in [-0.2, -0.15) is 10.2 Å². The minimum Gasteiger partial charge on any atom is -0.271 e. The van der Waals surface area contributed by atoms with Crippen LogP contribution in [0.15, 0.2) is 41.6 Å². The van der Waals surface area contributed by atoms with Crippen LogP contribution >= 0.6 is 0 Å². The van der Waals surface area contributed by atoms with Gasteiger partial charge in [0.15, 0.2) is 0 Å². The van der Waals surface area contributed by atoms with Crippen LogP contribution in [0.4, 0.5) is 0 Å². The third-order valence-electron chi connectivity index (χ3n) is 3.04. The van der Waals surface area contributed by atoms with Gasteiger partial charge in [0.2, 0.25) is 0 Å². The fourth-order valence-corrected chi connectivity index (χ4v) is 1.74. The summed E-state index contributed by atoms with van der Waals surface area (Å²) < 4.78 is 1.63. The zero-order valence-corrected chi connectivity index (χ0v) is 11.9. The number of hydrogen-bond acceptors (Lipinski definition) is 3. The lowest BCUT2D eigenvalue weighted by atomic mass is 10.1. The van der Waals surface area contributed by atoms with Gasteiger partial charge in [-0.1, -0.05) is 29.8 Å². The third kappa shape index (κ3) is 3.54. The second-order valence-electron chi connectivity index (χ2n) is 4.73. The second kappa shape index (κ2) is 6.14. The Morgan fingerprint density at radius 3 is 2.55 bits per heavy atom. The van der Waals surface area contributed by atoms with Crippen LogP contribution in [0, 0.1) is 13.8 Å². The van der Waals surface area contributed by atoms with E-state index < -0.39 is 0 Å². The van der Waals surface area contributed by atoms with Crippen molar-refractivity contribution in [3.8, 4) is 0 Å². The molecule has 0 fully saturated rings. The Balaban J connectivity index is 1.96. The van der Waals surface area contributed by atoms with Gasteiger partial charge in [0.1, 0.15) is 6.54 Å². The molecule has 0 unspecified atom stereocenters. The maximum absolute atomic E-state index is 11.8. The smallest absolute Gasteiger partial charge is 0.261 e. The molecule has 0 atom stereocenters. The lowest BCUT2D eigenvalue weighted by molar-refractivity contribution is -0.121. The number of amides is 1. The number of aromatic nitrogens is 2. The summed E-state index contributed by atoms with van der Waals surface area (Å²) in [6.07, 6.45) is 1.67. The molecule has 0 bridgehead atoms. The first-order valence-electron chi connectivity index (χ1n) is 6.45. The molecule has 0 spiro atoms. The van der Waals surface area contributed by atoms with Crippen molar-refractivity contribution in [2.24, 2.45) is 5.10 Å². The van der Waals surface area contributed by atoms with Crippen molar-refractivity contribution in [1.29, 1.82) is 0 Å². The van der Waals surface area contributed by atoms with E-state index in [9.17, 15) is 4.79 Å². The van der Waals surface area contributed by atoms with Crippen molar-refractivity contribution >= 4 is 11.6 Å². The zero-order valence-electron chi connectivity index (χ0n) is 11.9. The molecule has 104 valence electrons. The Labute approximate surface area is 118 Å². The normalized spacial score (nSPS) is 11.4. The van der Waals surface area contributed by atoms with E-state index in [2.05, 4.69) is 15.6 Å². The van der Waals surface area contributed by atoms with Crippen molar-refractivity contribution in [3.05, 3.63) is 53.3 Å². The molecular weight excluding hydrogens is 252 g/mol. The summed E-state index contributed by atoms with van der Waals surface area (Å²) in [5.41, 5.74) is 6.45. The van der Waals surface area contributed by atoms with Gasteiger partial charge in [-0.15, -0.1) is 0 Å². The molecule has 1 heterocycles. The van der Waals surface area contributed by atoms with Crippen LogP contribution < -0.4 is 5.43 Å². The van der Waals surface area contributed by atoms with E-state index in [0.29, 0.717) is 0 Å². The highest BCUT2D eigenvalue weighted by Crippen LogP contribution is 2.04. The van der Waals surface area contributed by atoms with Crippen molar-refractivity contribution in [3.63, 3.8) is 0 Å². The van der Waals surface area contributed by atoms with Crippen LogP contribution in [0.2, 0.25) is 0 Å². The number of nitrogens with zero attached hydrogens (tertiary/aromatic N) is 3. The molecule has 2 aromatic rings. The number of hydrogen-bond donors (Lipinski definition) is 1. The van der Waals surface area contributed by atoms with Gasteiger partial charge < -0.3 is 0 Å². The molecule has 1 amide bonds. The summed E-state index contributed by atoms with van der Waals surface area (Å²) in [6, 6.07) is 9.86. The van der Waals surface area contributed by atoms with Crippen LogP contribution in [0.1, 0.15) is 23.7 Å². The second-order valence-corrected chi connectivity index (χ2v) is 4.73. The highest BCUT2D eigenvalue weighted by molar-refractivity contribution is 5.99. The van der Waals surface area contributed by atoms with E-state index in [0.717, 1.165) is 17.0 Å². The summed E-state index contributed by atoms with van der Waals surface area (Å²) in [5.74, 6) is -0.191. The summed E-state index contributed by atoms with van der Waals surface area (Å²) in [7, 11) is 0. The number of aryl methyl sites for hydroxylation is 2. The number of hydrazone groups is 1. The van der Waals surface area contributed by atoms with Crippen LogP contribution in [0.25, 0.3) is 0 Å². The highest BCUT2D eigenvalue weighted by atomic mass is 16.2. The van der Waals surface area contributed by atoms with Gasteiger partial charge in [0.25, 0.3) is 5.91 Å². The Morgan fingerprint density at radius 1 is 1.25 bits per heavy atom. The van der Waals surface area contributed by atoms with E-state index in [-0.39, 0.29) is 12.5 Å². The third-order valence-corrected chi connectivity index (χ3v) is 3.04. The monoisotopic (exact) mass is 270 g/mol. The predicted octanol–water partition coefficient (Wildman–Crippen LogP) is 2.04. The number of carbonyl (C=O) groups excluding carboxylic acids is 1. The molecule has 0 aliphatic carbocycles. The van der Waals surface area contributed by atoms with Crippen molar-refractivity contribution in [2.45, 2.75) is 27.3 Å². The molecule has 0 aliphatic rings. The molecule has 0 radical (unpaired) electrons. The number of nitrogens with one attached hydrogen (secondary N) is 1. The SMILES string of the molecule is C/C(=N\NC(=O)Cn1nccc1C)c1ccc(C)cc1. The van der Waals surface area contributed by atoms with Gasteiger partial charge in [-0.3, -0.25) is 9.48 Å². The lowest BCUT2D eigenvalue weighted by Gasteiger charge is -2.05. The van der Waals surface area contributed by atoms with Gasteiger partial charge in [0.05, 0.1) is 5.71 Å². The molecule has 20 heavy (non-hydrogen) atoms. The van der Waals surface area contributed by atoms with E-state index in [4.69, 9.17) is 0 Å². The Kier molecular flexibility index (Phi) is 4.30. The maximum atomic E-state index is 11.8. The molecule has 1 aromatic heterocycles. The largest absolute Gasteiger partial charge is 0.271 e. The quantitative estimate of drug-likeness (QED) is 0.682. The van der Waals surface area contributed by atoms with E-state index in [1.54, 1.807) is 10.9 Å². The Bertz CT molecular complexity index is 626. The molecule has 0 aliphatic heterocycles. The van der Waals surface area contributed by atoms with Crippen molar-refractivity contribution in [1.82, 2.24) is 15.2 Å². The van der Waals surface area contributed by atoms with Crippen molar-refractivity contribution < 1.29 is 4.79 Å². The minimum atomic E-state index is -0.191. The lowest BCUT2D eigenvalue weighted by Crippen LogP contribution is -2.25. The highest BCUT2D eigenvalue weighted by Gasteiger charge is 2.04. The van der Waals surface area contributed by atoms with Gasteiger partial charge in [-0.05, 0) is 32.4 Å². The average Bonchev–Trinajstić information content (AvgIpc) is 2.82. The number of benzene rings is 1. The summed E-state index contributed by atoms with van der Waals surface area (Å²) in [6.45, 7) is 5.97. The van der Waals surface area contributed by atoms with E-state index >= 15 is 0 Å². The molecule has 2 rings (SSSR count). The molecule has 5 heteroatoms. The zero-order chi connectivity index (χ0) is 14.5. The van der Waals surface area contributed by atoms with Gasteiger partial charge in [0, 0.05) is 11.9 Å². The molecule has 0 saturated carbocycles. The molecule has 5 nitrogen and oxygen atoms in total. The Hall–Kier alpha value is -2.43. The maximum Gasteiger partial charge on any atom is 0.261 e. The number of carbonyl (C=O) groups is 1. The van der Waals surface area contributed by atoms with Crippen LogP contribution in [-0.2, 0) is 11.3 Å². The standard InChI is InChI=1S/C15H18N4O/c1-11-4-6-14(7-5-11)13(3)17-18-15(20)10-19-12(2)8-9-16-19/h4-9H,10H2,1-3H3,(H,18,20)/b17-13+. The van der Waals surface area contributed by atoms with Crippen LogP contribution in [-0.4, -0.2) is 21.4 Å². The van der Waals surface area contributed by atoms with Gasteiger partial charge >= 0.3 is 0 Å².